The molecule has 0 atom stereocenters. The van der Waals surface area contributed by atoms with E-state index >= 15 is 0 Å². The molecule has 1 aromatic rings. The molecule has 0 spiro atoms. The van der Waals surface area contributed by atoms with Crippen LogP contribution in [0, 0.1) is 11.3 Å². The van der Waals surface area contributed by atoms with Gasteiger partial charge in [-0.05, 0) is 24.1 Å². The first-order valence-corrected chi connectivity index (χ1v) is 7.45. The summed E-state index contributed by atoms with van der Waals surface area (Å²) >= 11 is 0. The molecule has 0 unspecified atom stereocenters. The first-order valence-electron chi connectivity index (χ1n) is 7.45. The molecule has 0 radical (unpaired) electrons. The van der Waals surface area contributed by atoms with Crippen LogP contribution in [-0.2, 0) is 20.7 Å². The van der Waals surface area contributed by atoms with Crippen molar-refractivity contribution in [3.63, 3.8) is 0 Å². The molecule has 0 aliphatic carbocycles. The summed E-state index contributed by atoms with van der Waals surface area (Å²) in [5, 5.41) is 14.2. The van der Waals surface area contributed by atoms with Crippen molar-refractivity contribution in [1.82, 2.24) is 10.6 Å². The summed E-state index contributed by atoms with van der Waals surface area (Å²) in [5.74, 6) is 0.209. The molecule has 0 saturated carbocycles. The number of nitrogens with one attached hydrogen (secondary N) is 2. The van der Waals surface area contributed by atoms with E-state index < -0.39 is 11.9 Å². The van der Waals surface area contributed by atoms with Crippen LogP contribution in [0.2, 0.25) is 0 Å². The van der Waals surface area contributed by atoms with Gasteiger partial charge in [0.15, 0.2) is 11.5 Å². The largest absolute Gasteiger partial charge is 0.493 e. The second kappa shape index (κ2) is 10.5. The van der Waals surface area contributed by atoms with Gasteiger partial charge in [-0.15, -0.1) is 0 Å². The second-order valence-electron chi connectivity index (χ2n) is 4.82. The number of esters is 1. The number of ether oxygens (including phenoxy) is 3. The highest BCUT2D eigenvalue weighted by Crippen LogP contribution is 2.27. The zero-order chi connectivity index (χ0) is 18.7. The van der Waals surface area contributed by atoms with Gasteiger partial charge in [0, 0.05) is 12.7 Å². The van der Waals surface area contributed by atoms with Gasteiger partial charge in [0.2, 0.25) is 0 Å². The molecule has 2 N–H and O–H groups in total. The van der Waals surface area contributed by atoms with Crippen molar-refractivity contribution >= 4 is 11.9 Å². The lowest BCUT2D eigenvalue weighted by molar-refractivity contribution is -0.139. The lowest BCUT2D eigenvalue weighted by Crippen LogP contribution is -2.28. The van der Waals surface area contributed by atoms with Crippen molar-refractivity contribution < 1.29 is 23.8 Å². The van der Waals surface area contributed by atoms with Crippen LogP contribution in [0.1, 0.15) is 5.56 Å². The summed E-state index contributed by atoms with van der Waals surface area (Å²) in [6, 6.07) is 7.25. The number of carbonyl (C=O) groups is 2. The molecule has 1 amide bonds. The number of carbonyl (C=O) groups excluding carboxylic acids is 2. The Kier molecular flexibility index (Phi) is 8.37. The van der Waals surface area contributed by atoms with E-state index in [0.717, 1.165) is 5.56 Å². The number of hydrogen-bond donors (Lipinski definition) is 2. The van der Waals surface area contributed by atoms with Crippen molar-refractivity contribution in [2.45, 2.75) is 6.42 Å². The summed E-state index contributed by atoms with van der Waals surface area (Å²) < 4.78 is 14.8. The molecule has 0 heterocycles. The SMILES string of the molecule is COC(=O)CN/C=C(/C#N)C(=O)NCCc1ccc(OC)c(OC)c1. The minimum Gasteiger partial charge on any atom is -0.493 e. The van der Waals surface area contributed by atoms with E-state index in [9.17, 15) is 9.59 Å². The first kappa shape index (κ1) is 19.8. The fourth-order valence-electron chi connectivity index (χ4n) is 1.91. The molecule has 8 nitrogen and oxygen atoms in total. The van der Waals surface area contributed by atoms with E-state index in [-0.39, 0.29) is 12.1 Å². The van der Waals surface area contributed by atoms with E-state index in [0.29, 0.717) is 24.5 Å². The Morgan fingerprint density at radius 2 is 1.92 bits per heavy atom. The third-order valence-electron chi connectivity index (χ3n) is 3.23. The van der Waals surface area contributed by atoms with Crippen LogP contribution in [0.15, 0.2) is 30.0 Å². The summed E-state index contributed by atoms with van der Waals surface area (Å²) in [7, 11) is 4.36. The van der Waals surface area contributed by atoms with E-state index in [2.05, 4.69) is 15.4 Å². The molecule has 0 aromatic heterocycles. The van der Waals surface area contributed by atoms with Gasteiger partial charge in [0.1, 0.15) is 18.2 Å². The summed E-state index contributed by atoms with van der Waals surface area (Å²) in [5.41, 5.74) is 0.820. The summed E-state index contributed by atoms with van der Waals surface area (Å²) in [6.07, 6.45) is 1.74. The maximum atomic E-state index is 11.9. The molecule has 8 heteroatoms. The van der Waals surface area contributed by atoms with Crippen LogP contribution in [0.5, 0.6) is 11.5 Å². The highest BCUT2D eigenvalue weighted by molar-refractivity contribution is 5.97. The quantitative estimate of drug-likeness (QED) is 0.381. The van der Waals surface area contributed by atoms with Crippen LogP contribution in [0.4, 0.5) is 0 Å². The van der Waals surface area contributed by atoms with Crippen LogP contribution in [-0.4, -0.2) is 46.3 Å². The number of rotatable bonds is 9. The molecule has 0 aliphatic heterocycles. The molecule has 25 heavy (non-hydrogen) atoms. The molecule has 1 aromatic carbocycles. The predicted molar refractivity (Wildman–Crippen MR) is 90.0 cm³/mol. The van der Waals surface area contributed by atoms with Crippen molar-refractivity contribution in [1.29, 1.82) is 5.26 Å². The molecule has 0 fully saturated rings. The molecular formula is C17H21N3O5. The average Bonchev–Trinajstić information content (AvgIpc) is 2.64. The van der Waals surface area contributed by atoms with Crippen LogP contribution < -0.4 is 20.1 Å². The van der Waals surface area contributed by atoms with Crippen molar-refractivity contribution in [2.24, 2.45) is 0 Å². The van der Waals surface area contributed by atoms with Gasteiger partial charge < -0.3 is 24.8 Å². The Morgan fingerprint density at radius 1 is 1.20 bits per heavy atom. The maximum Gasteiger partial charge on any atom is 0.325 e. The van der Waals surface area contributed by atoms with E-state index in [1.807, 2.05) is 12.1 Å². The van der Waals surface area contributed by atoms with Gasteiger partial charge in [0.05, 0.1) is 21.3 Å². The lowest BCUT2D eigenvalue weighted by Gasteiger charge is -2.10. The van der Waals surface area contributed by atoms with Gasteiger partial charge in [-0.1, -0.05) is 6.07 Å². The fraction of sp³-hybridized carbons (Fsp3) is 0.353. The van der Waals surface area contributed by atoms with Gasteiger partial charge in [-0.25, -0.2) is 0 Å². The number of methoxy groups -OCH3 is 3. The molecule has 134 valence electrons. The maximum absolute atomic E-state index is 11.9. The Balaban J connectivity index is 2.54. The van der Waals surface area contributed by atoms with Crippen molar-refractivity contribution in [3.8, 4) is 17.6 Å². The number of benzene rings is 1. The first-order chi connectivity index (χ1) is 12.0. The van der Waals surface area contributed by atoms with Gasteiger partial charge in [0.25, 0.3) is 5.91 Å². The zero-order valence-electron chi connectivity index (χ0n) is 14.4. The Labute approximate surface area is 146 Å². The number of hydrogen-bond acceptors (Lipinski definition) is 7. The smallest absolute Gasteiger partial charge is 0.325 e. The number of amides is 1. The lowest BCUT2D eigenvalue weighted by atomic mass is 10.1. The molecule has 0 aliphatic rings. The van der Waals surface area contributed by atoms with Crippen molar-refractivity contribution in [2.75, 3.05) is 34.4 Å². The highest BCUT2D eigenvalue weighted by atomic mass is 16.5. The minimum atomic E-state index is -0.527. The van der Waals surface area contributed by atoms with E-state index in [1.54, 1.807) is 26.4 Å². The third-order valence-corrected chi connectivity index (χ3v) is 3.23. The fourth-order valence-corrected chi connectivity index (χ4v) is 1.91. The minimum absolute atomic E-state index is 0.124. The van der Waals surface area contributed by atoms with E-state index in [4.69, 9.17) is 14.7 Å². The summed E-state index contributed by atoms with van der Waals surface area (Å²) in [4.78, 5) is 22.9. The standard InChI is InChI=1S/C17H21N3O5/c1-23-14-5-4-12(8-15(14)24-2)6-7-20-17(22)13(9-18)10-19-11-16(21)25-3/h4-5,8,10,19H,6-7,11H2,1-3H3,(H,20,22)/b13-10-. The zero-order valence-corrected chi connectivity index (χ0v) is 14.4. The molecule has 0 saturated heterocycles. The van der Waals surface area contributed by atoms with Gasteiger partial charge >= 0.3 is 5.97 Å². The monoisotopic (exact) mass is 347 g/mol. The van der Waals surface area contributed by atoms with Gasteiger partial charge in [-0.3, -0.25) is 9.59 Å². The molecule has 0 bridgehead atoms. The Hall–Kier alpha value is -3.21. The number of nitriles is 1. The highest BCUT2D eigenvalue weighted by Gasteiger charge is 2.09. The van der Waals surface area contributed by atoms with Crippen LogP contribution in [0.25, 0.3) is 0 Å². The van der Waals surface area contributed by atoms with Crippen molar-refractivity contribution in [3.05, 3.63) is 35.5 Å². The second-order valence-corrected chi connectivity index (χ2v) is 4.82. The third kappa shape index (κ3) is 6.43. The van der Waals surface area contributed by atoms with Gasteiger partial charge in [-0.2, -0.15) is 5.26 Å². The molecule has 1 rings (SSSR count). The van der Waals surface area contributed by atoms with E-state index in [1.165, 1.54) is 13.3 Å². The molecular weight excluding hydrogens is 326 g/mol. The normalized spacial score (nSPS) is 10.4. The summed E-state index contributed by atoms with van der Waals surface area (Å²) in [6.45, 7) is 0.213. The van der Waals surface area contributed by atoms with Crippen LogP contribution in [0.3, 0.4) is 0 Å². The van der Waals surface area contributed by atoms with Crippen LogP contribution >= 0.6 is 0 Å². The Morgan fingerprint density at radius 3 is 2.52 bits per heavy atom. The average molecular weight is 347 g/mol. The number of nitrogens with zero attached hydrogens (tertiary/aromatic N) is 1. The Bertz CT molecular complexity index is 679. The predicted octanol–water partition coefficient (Wildman–Crippen LogP) is 0.533. The topological polar surface area (TPSA) is 110 Å².